The molecule has 1 amide bonds. The summed E-state index contributed by atoms with van der Waals surface area (Å²) in [6.07, 6.45) is 0.624. The Labute approximate surface area is 202 Å². The largest absolute Gasteiger partial charge is 0.340 e. The van der Waals surface area contributed by atoms with E-state index < -0.39 is 0 Å². The van der Waals surface area contributed by atoms with E-state index in [4.69, 9.17) is 4.99 Å². The molecule has 2 aliphatic rings. The molecule has 0 spiro atoms. The van der Waals surface area contributed by atoms with Crippen LogP contribution in [-0.4, -0.2) is 53.9 Å². The van der Waals surface area contributed by atoms with E-state index in [-0.39, 0.29) is 11.9 Å². The van der Waals surface area contributed by atoms with Crippen LogP contribution in [0.15, 0.2) is 83.9 Å². The zero-order chi connectivity index (χ0) is 23.5. The molecule has 0 N–H and O–H groups in total. The second-order valence-electron chi connectivity index (χ2n) is 9.35. The van der Waals surface area contributed by atoms with E-state index >= 15 is 0 Å². The summed E-state index contributed by atoms with van der Waals surface area (Å²) in [4.78, 5) is 25.3. The van der Waals surface area contributed by atoms with Crippen molar-refractivity contribution in [2.24, 2.45) is 4.99 Å². The van der Waals surface area contributed by atoms with Crippen molar-refractivity contribution < 1.29 is 4.79 Å². The number of nitrogens with zero attached hydrogens (tertiary/aromatic N) is 4. The van der Waals surface area contributed by atoms with Crippen LogP contribution in [0.2, 0.25) is 0 Å². The lowest BCUT2D eigenvalue weighted by molar-refractivity contribution is -0.118. The molecule has 5 heteroatoms. The summed E-state index contributed by atoms with van der Waals surface area (Å²) < 4.78 is 0. The first-order chi connectivity index (χ1) is 16.6. The fourth-order valence-electron chi connectivity index (χ4n) is 4.92. The van der Waals surface area contributed by atoms with Crippen LogP contribution in [0.3, 0.4) is 0 Å². The average Bonchev–Trinajstić information content (AvgIpc) is 3.16. The van der Waals surface area contributed by atoms with Gasteiger partial charge in [-0.1, -0.05) is 78.4 Å². The molecule has 1 fully saturated rings. The molecule has 174 valence electrons. The quantitative estimate of drug-likeness (QED) is 0.575. The monoisotopic (exact) mass is 452 g/mol. The standard InChI is InChI=1S/C29H32N4O/c1-22-13-14-27(23(2)19-22)33-28(34)26(20-24-9-5-3-6-10-24)30-29(33)32-17-15-31(16-18-32)21-25-11-7-4-8-12-25/h3-14,19,26H,15-18,20-21H2,1-2H3. The Morgan fingerprint density at radius 3 is 2.12 bits per heavy atom. The highest BCUT2D eigenvalue weighted by Crippen LogP contribution is 2.29. The van der Waals surface area contributed by atoms with Gasteiger partial charge in [0.15, 0.2) is 0 Å². The molecule has 0 aromatic heterocycles. The highest BCUT2D eigenvalue weighted by molar-refractivity contribution is 6.22. The number of aryl methyl sites for hydroxylation is 2. The number of anilines is 1. The van der Waals surface area contributed by atoms with Crippen molar-refractivity contribution in [1.29, 1.82) is 0 Å². The van der Waals surface area contributed by atoms with E-state index in [9.17, 15) is 4.79 Å². The Morgan fingerprint density at radius 2 is 1.47 bits per heavy atom. The van der Waals surface area contributed by atoms with Crippen molar-refractivity contribution in [3.63, 3.8) is 0 Å². The van der Waals surface area contributed by atoms with E-state index in [1.807, 2.05) is 23.1 Å². The zero-order valence-corrected chi connectivity index (χ0v) is 20.0. The topological polar surface area (TPSA) is 39.2 Å². The first-order valence-electron chi connectivity index (χ1n) is 12.1. The highest BCUT2D eigenvalue weighted by atomic mass is 16.2. The molecule has 1 saturated heterocycles. The molecular weight excluding hydrogens is 420 g/mol. The molecule has 2 aliphatic heterocycles. The Morgan fingerprint density at radius 1 is 0.824 bits per heavy atom. The van der Waals surface area contributed by atoms with Crippen molar-refractivity contribution in [2.45, 2.75) is 32.9 Å². The first kappa shape index (κ1) is 22.4. The van der Waals surface area contributed by atoms with E-state index in [2.05, 4.69) is 84.3 Å². The Hall–Kier alpha value is -3.44. The van der Waals surface area contributed by atoms with E-state index in [0.29, 0.717) is 6.42 Å². The third-order valence-corrected chi connectivity index (χ3v) is 6.75. The number of carbonyl (C=O) groups is 1. The van der Waals surface area contributed by atoms with Gasteiger partial charge in [0.05, 0.1) is 5.69 Å². The molecule has 3 aromatic carbocycles. The number of benzene rings is 3. The summed E-state index contributed by atoms with van der Waals surface area (Å²) in [5, 5.41) is 0. The third-order valence-electron chi connectivity index (χ3n) is 6.75. The lowest BCUT2D eigenvalue weighted by Crippen LogP contribution is -2.53. The minimum absolute atomic E-state index is 0.0671. The molecule has 1 unspecified atom stereocenters. The second kappa shape index (κ2) is 9.82. The predicted molar refractivity (Wildman–Crippen MR) is 138 cm³/mol. The lowest BCUT2D eigenvalue weighted by Gasteiger charge is -2.38. The Kier molecular flexibility index (Phi) is 6.45. The van der Waals surface area contributed by atoms with Gasteiger partial charge in [-0.05, 0) is 36.6 Å². The molecule has 2 heterocycles. The Balaban J connectivity index is 1.37. The highest BCUT2D eigenvalue weighted by Gasteiger charge is 2.39. The van der Waals surface area contributed by atoms with Crippen molar-refractivity contribution in [3.8, 4) is 0 Å². The molecule has 3 aromatic rings. The van der Waals surface area contributed by atoms with Crippen molar-refractivity contribution in [1.82, 2.24) is 9.80 Å². The zero-order valence-electron chi connectivity index (χ0n) is 20.0. The van der Waals surface area contributed by atoms with Gasteiger partial charge in [0.1, 0.15) is 6.04 Å². The number of rotatable bonds is 5. The second-order valence-corrected chi connectivity index (χ2v) is 9.35. The van der Waals surface area contributed by atoms with Gasteiger partial charge in [0.2, 0.25) is 5.96 Å². The molecule has 0 aliphatic carbocycles. The Bertz CT molecular complexity index is 1170. The number of aliphatic imine (C=N–C) groups is 1. The van der Waals surface area contributed by atoms with Crippen molar-refractivity contribution in [3.05, 3.63) is 101 Å². The van der Waals surface area contributed by atoms with Crippen molar-refractivity contribution in [2.75, 3.05) is 31.1 Å². The first-order valence-corrected chi connectivity index (χ1v) is 12.1. The molecule has 0 saturated carbocycles. The maximum absolute atomic E-state index is 13.7. The number of amides is 1. The summed E-state index contributed by atoms with van der Waals surface area (Å²) >= 11 is 0. The van der Waals surface area contributed by atoms with Crippen LogP contribution in [0, 0.1) is 13.8 Å². The molecule has 1 atom stereocenters. The summed E-state index contributed by atoms with van der Waals surface area (Å²) in [5.41, 5.74) is 5.71. The summed E-state index contributed by atoms with van der Waals surface area (Å²) in [7, 11) is 0. The van der Waals surface area contributed by atoms with E-state index in [1.165, 1.54) is 11.1 Å². The van der Waals surface area contributed by atoms with Crippen LogP contribution in [0.4, 0.5) is 5.69 Å². The van der Waals surface area contributed by atoms with E-state index in [1.54, 1.807) is 0 Å². The summed E-state index contributed by atoms with van der Waals surface area (Å²) in [6.45, 7) is 8.74. The van der Waals surface area contributed by atoms with Crippen LogP contribution in [0.5, 0.6) is 0 Å². The number of carbonyl (C=O) groups excluding carboxylic acids is 1. The fraction of sp³-hybridized carbons (Fsp3) is 0.310. The van der Waals surface area contributed by atoms with Gasteiger partial charge in [-0.25, -0.2) is 9.89 Å². The average molecular weight is 453 g/mol. The maximum Gasteiger partial charge on any atom is 0.259 e. The molecular formula is C29H32N4O. The van der Waals surface area contributed by atoms with E-state index in [0.717, 1.165) is 55.5 Å². The summed E-state index contributed by atoms with van der Waals surface area (Å²) in [5.74, 6) is 0.870. The molecule has 5 nitrogen and oxygen atoms in total. The minimum atomic E-state index is -0.388. The van der Waals surface area contributed by atoms with Gasteiger partial charge in [-0.2, -0.15) is 0 Å². The number of hydrogen-bond acceptors (Lipinski definition) is 4. The van der Waals surface area contributed by atoms with Crippen LogP contribution in [0.1, 0.15) is 22.3 Å². The maximum atomic E-state index is 13.7. The van der Waals surface area contributed by atoms with Crippen LogP contribution in [-0.2, 0) is 17.8 Å². The van der Waals surface area contributed by atoms with Crippen LogP contribution in [0.25, 0.3) is 0 Å². The molecule has 5 rings (SSSR count). The number of hydrogen-bond donors (Lipinski definition) is 0. The molecule has 34 heavy (non-hydrogen) atoms. The number of piperazine rings is 1. The SMILES string of the molecule is Cc1ccc(N2C(=O)C(Cc3ccccc3)N=C2N2CCN(Cc3ccccc3)CC2)c(C)c1. The van der Waals surface area contributed by atoms with Crippen LogP contribution >= 0.6 is 0 Å². The smallest absolute Gasteiger partial charge is 0.259 e. The molecule has 0 bridgehead atoms. The van der Waals surface area contributed by atoms with Crippen molar-refractivity contribution >= 4 is 17.6 Å². The summed E-state index contributed by atoms with van der Waals surface area (Å²) in [6, 6.07) is 26.7. The van der Waals surface area contributed by atoms with Gasteiger partial charge in [0.25, 0.3) is 5.91 Å². The number of guanidine groups is 1. The van der Waals surface area contributed by atoms with Crippen LogP contribution < -0.4 is 4.90 Å². The van der Waals surface area contributed by atoms with Gasteiger partial charge >= 0.3 is 0 Å². The third kappa shape index (κ3) is 4.75. The van der Waals surface area contributed by atoms with Gasteiger partial charge < -0.3 is 4.90 Å². The lowest BCUT2D eigenvalue weighted by atomic mass is 10.1. The minimum Gasteiger partial charge on any atom is -0.340 e. The fourth-order valence-corrected chi connectivity index (χ4v) is 4.92. The molecule has 0 radical (unpaired) electrons. The van der Waals surface area contributed by atoms with Gasteiger partial charge in [-0.3, -0.25) is 9.69 Å². The van der Waals surface area contributed by atoms with Gasteiger partial charge in [-0.15, -0.1) is 0 Å². The van der Waals surface area contributed by atoms with Gasteiger partial charge in [0, 0.05) is 39.1 Å². The normalized spacial score (nSPS) is 18.9. The predicted octanol–water partition coefficient (Wildman–Crippen LogP) is 4.44.